The van der Waals surface area contributed by atoms with E-state index in [-0.39, 0.29) is 17.4 Å². The van der Waals surface area contributed by atoms with Crippen LogP contribution in [-0.2, 0) is 12.8 Å². The quantitative estimate of drug-likeness (QED) is 0.691. The van der Waals surface area contributed by atoms with Crippen LogP contribution in [0, 0.1) is 5.82 Å². The third kappa shape index (κ3) is 1.73. The lowest BCUT2D eigenvalue weighted by atomic mass is 9.95. The van der Waals surface area contributed by atoms with E-state index < -0.39 is 5.82 Å². The van der Waals surface area contributed by atoms with Gasteiger partial charge in [0.1, 0.15) is 5.82 Å². The smallest absolute Gasteiger partial charge is 0.202 e. The summed E-state index contributed by atoms with van der Waals surface area (Å²) in [5.74, 6) is -0.708. The number of anilines is 1. The van der Waals surface area contributed by atoms with Gasteiger partial charge in [0.05, 0.1) is 5.69 Å². The zero-order chi connectivity index (χ0) is 13.6. The van der Waals surface area contributed by atoms with Crippen LogP contribution in [0.4, 0.5) is 10.1 Å². The molecule has 19 heavy (non-hydrogen) atoms. The van der Waals surface area contributed by atoms with Gasteiger partial charge in [-0.05, 0) is 43.9 Å². The van der Waals surface area contributed by atoms with E-state index in [1.807, 2.05) is 0 Å². The van der Waals surface area contributed by atoms with Crippen LogP contribution in [-0.4, -0.2) is 14.8 Å². The minimum absolute atomic E-state index is 0.0735. The monoisotopic (exact) mass is 262 g/mol. The number of benzene rings is 1. The van der Waals surface area contributed by atoms with Gasteiger partial charge in [-0.25, -0.2) is 8.96 Å². The summed E-state index contributed by atoms with van der Waals surface area (Å²) in [6, 6.07) is 4.07. The van der Waals surface area contributed by atoms with Gasteiger partial charge >= 0.3 is 0 Å². The first-order valence-electron chi connectivity index (χ1n) is 6.29. The van der Waals surface area contributed by atoms with Crippen LogP contribution in [0.5, 0.6) is 11.8 Å². The number of rotatable bonds is 1. The normalized spacial score (nSPS) is 14.4. The molecule has 1 aromatic carbocycles. The highest BCUT2D eigenvalue weighted by molar-refractivity contribution is 5.57. The predicted octanol–water partition coefficient (Wildman–Crippen LogP) is 2.49. The SMILES string of the molecule is Nc1ccc(F)c(-n2c(O)c3c(c2O)CCCC3)c1. The summed E-state index contributed by atoms with van der Waals surface area (Å²) in [5.41, 5.74) is 7.52. The number of nitrogen functional groups attached to an aromatic ring is 1. The van der Waals surface area contributed by atoms with Crippen molar-refractivity contribution in [1.82, 2.24) is 4.57 Å². The number of hydrogen-bond donors (Lipinski definition) is 3. The molecule has 1 aromatic heterocycles. The van der Waals surface area contributed by atoms with Gasteiger partial charge < -0.3 is 15.9 Å². The summed E-state index contributed by atoms with van der Waals surface area (Å²) in [6.07, 6.45) is 3.32. The Balaban J connectivity index is 2.25. The fourth-order valence-electron chi connectivity index (χ4n) is 2.70. The summed E-state index contributed by atoms with van der Waals surface area (Å²) in [4.78, 5) is 0. The summed E-state index contributed by atoms with van der Waals surface area (Å²) < 4.78 is 15.0. The van der Waals surface area contributed by atoms with Crippen LogP contribution >= 0.6 is 0 Å². The van der Waals surface area contributed by atoms with Gasteiger partial charge in [0.15, 0.2) is 0 Å². The molecule has 0 saturated carbocycles. The number of fused-ring (bicyclic) bond motifs is 1. The molecule has 5 heteroatoms. The molecule has 0 amide bonds. The van der Waals surface area contributed by atoms with Crippen molar-refractivity contribution < 1.29 is 14.6 Å². The van der Waals surface area contributed by atoms with Crippen molar-refractivity contribution in [3.05, 3.63) is 35.1 Å². The summed E-state index contributed by atoms with van der Waals surface area (Å²) in [6.45, 7) is 0. The summed E-state index contributed by atoms with van der Waals surface area (Å²) in [5, 5.41) is 20.4. The second-order valence-corrected chi connectivity index (χ2v) is 4.86. The molecular formula is C14H15FN2O2. The van der Waals surface area contributed by atoms with Crippen LogP contribution in [0.3, 0.4) is 0 Å². The average Bonchev–Trinajstić information content (AvgIpc) is 2.66. The Hall–Kier alpha value is -2.17. The molecule has 0 fully saturated rings. The van der Waals surface area contributed by atoms with Crippen molar-refractivity contribution in [1.29, 1.82) is 0 Å². The van der Waals surface area contributed by atoms with Crippen molar-refractivity contribution in [2.24, 2.45) is 0 Å². The van der Waals surface area contributed by atoms with Crippen molar-refractivity contribution in [2.45, 2.75) is 25.7 Å². The van der Waals surface area contributed by atoms with Gasteiger partial charge in [0.2, 0.25) is 11.8 Å². The molecule has 100 valence electrons. The van der Waals surface area contributed by atoms with Gasteiger partial charge in [0.25, 0.3) is 0 Å². The lowest BCUT2D eigenvalue weighted by Gasteiger charge is -2.09. The molecule has 1 aliphatic carbocycles. The largest absolute Gasteiger partial charge is 0.494 e. The third-order valence-electron chi connectivity index (χ3n) is 3.64. The van der Waals surface area contributed by atoms with Crippen LogP contribution in [0.2, 0.25) is 0 Å². The number of aromatic hydroxyl groups is 2. The molecule has 3 rings (SSSR count). The highest BCUT2D eigenvalue weighted by Gasteiger charge is 2.26. The third-order valence-corrected chi connectivity index (χ3v) is 3.64. The van der Waals surface area contributed by atoms with Crippen LogP contribution < -0.4 is 5.73 Å². The predicted molar refractivity (Wildman–Crippen MR) is 70.1 cm³/mol. The number of aromatic nitrogens is 1. The van der Waals surface area contributed by atoms with E-state index in [2.05, 4.69) is 0 Å². The van der Waals surface area contributed by atoms with Crippen molar-refractivity contribution >= 4 is 5.69 Å². The van der Waals surface area contributed by atoms with Gasteiger partial charge in [-0.15, -0.1) is 0 Å². The maximum Gasteiger partial charge on any atom is 0.202 e. The molecule has 2 aromatic rings. The molecule has 0 bridgehead atoms. The molecule has 4 N–H and O–H groups in total. The molecule has 0 atom stereocenters. The topological polar surface area (TPSA) is 71.4 Å². The molecule has 1 aliphatic rings. The van der Waals surface area contributed by atoms with Crippen molar-refractivity contribution in [2.75, 3.05) is 5.73 Å². The van der Waals surface area contributed by atoms with Gasteiger partial charge in [0, 0.05) is 16.8 Å². The molecule has 0 unspecified atom stereocenters. The standard InChI is InChI=1S/C14H15FN2O2/c15-11-6-5-8(16)7-12(11)17-13(18)9-3-1-2-4-10(9)14(17)19/h5-7,18-19H,1-4,16H2. The Bertz CT molecular complexity index is 620. The van der Waals surface area contributed by atoms with E-state index in [1.54, 1.807) is 0 Å². The van der Waals surface area contributed by atoms with E-state index in [4.69, 9.17) is 5.73 Å². The molecule has 4 nitrogen and oxygen atoms in total. The molecule has 0 radical (unpaired) electrons. The maximum absolute atomic E-state index is 13.9. The number of halogens is 1. The Labute approximate surface area is 109 Å². The molecule has 0 aliphatic heterocycles. The minimum Gasteiger partial charge on any atom is -0.494 e. The van der Waals surface area contributed by atoms with Gasteiger partial charge in [-0.3, -0.25) is 0 Å². The fraction of sp³-hybridized carbons (Fsp3) is 0.286. The molecule has 0 saturated heterocycles. The summed E-state index contributed by atoms with van der Waals surface area (Å²) >= 11 is 0. The van der Waals surface area contributed by atoms with E-state index in [0.717, 1.165) is 17.4 Å². The van der Waals surface area contributed by atoms with E-state index >= 15 is 0 Å². The highest BCUT2D eigenvalue weighted by Crippen LogP contribution is 2.41. The fourth-order valence-corrected chi connectivity index (χ4v) is 2.70. The van der Waals surface area contributed by atoms with Crippen LogP contribution in [0.1, 0.15) is 24.0 Å². The van der Waals surface area contributed by atoms with Gasteiger partial charge in [-0.2, -0.15) is 0 Å². The summed E-state index contributed by atoms with van der Waals surface area (Å²) in [7, 11) is 0. The average molecular weight is 262 g/mol. The zero-order valence-corrected chi connectivity index (χ0v) is 10.4. The van der Waals surface area contributed by atoms with Crippen LogP contribution in [0.25, 0.3) is 5.69 Å². The van der Waals surface area contributed by atoms with E-state index in [9.17, 15) is 14.6 Å². The van der Waals surface area contributed by atoms with Crippen LogP contribution in [0.15, 0.2) is 18.2 Å². The molecular weight excluding hydrogens is 247 g/mol. The zero-order valence-electron chi connectivity index (χ0n) is 10.4. The first-order chi connectivity index (χ1) is 9.09. The van der Waals surface area contributed by atoms with Crippen molar-refractivity contribution in [3.63, 3.8) is 0 Å². The number of nitrogens with zero attached hydrogens (tertiary/aromatic N) is 1. The minimum atomic E-state index is -0.535. The first kappa shape index (κ1) is 11.9. The van der Waals surface area contributed by atoms with E-state index in [1.165, 1.54) is 18.2 Å². The van der Waals surface area contributed by atoms with Crippen molar-refractivity contribution in [3.8, 4) is 17.4 Å². The van der Waals surface area contributed by atoms with Gasteiger partial charge in [-0.1, -0.05) is 0 Å². The Morgan fingerprint density at radius 1 is 1.05 bits per heavy atom. The Kier molecular flexibility index (Phi) is 2.62. The number of hydrogen-bond acceptors (Lipinski definition) is 3. The first-order valence-corrected chi connectivity index (χ1v) is 6.29. The Morgan fingerprint density at radius 3 is 2.21 bits per heavy atom. The van der Waals surface area contributed by atoms with E-state index in [0.29, 0.717) is 29.7 Å². The highest BCUT2D eigenvalue weighted by atomic mass is 19.1. The number of nitrogens with two attached hydrogens (primary N) is 1. The molecule has 0 spiro atoms. The lowest BCUT2D eigenvalue weighted by molar-refractivity contribution is 0.396. The molecule has 1 heterocycles. The maximum atomic E-state index is 13.9. The second-order valence-electron chi connectivity index (χ2n) is 4.86. The lowest BCUT2D eigenvalue weighted by Crippen LogP contribution is -1.99. The Morgan fingerprint density at radius 2 is 1.63 bits per heavy atom. The second kappa shape index (κ2) is 4.19.